The minimum Gasteiger partial charge on any atom is -0.326 e. The molecule has 9 heteroatoms. The van der Waals surface area contributed by atoms with Crippen LogP contribution in [0.5, 0.6) is 0 Å². The quantitative estimate of drug-likeness (QED) is 0.571. The highest BCUT2D eigenvalue weighted by Crippen LogP contribution is 2.24. The number of piperidine rings is 1. The summed E-state index contributed by atoms with van der Waals surface area (Å²) < 4.78 is 29.5. The molecule has 1 aliphatic heterocycles. The highest BCUT2D eigenvalue weighted by Gasteiger charge is 2.32. The van der Waals surface area contributed by atoms with E-state index in [-0.39, 0.29) is 23.1 Å². The fraction of sp³-hybridized carbons (Fsp3) is 0.391. The van der Waals surface area contributed by atoms with E-state index in [2.05, 4.69) is 5.32 Å². The van der Waals surface area contributed by atoms with Crippen molar-refractivity contribution in [1.29, 1.82) is 0 Å². The number of thiazole rings is 1. The predicted octanol–water partition coefficient (Wildman–Crippen LogP) is 3.21. The molecule has 1 fully saturated rings. The molecule has 1 aromatic heterocycles. The number of nitrogens with one attached hydrogen (secondary N) is 1. The van der Waals surface area contributed by atoms with E-state index in [1.165, 1.54) is 4.31 Å². The summed E-state index contributed by atoms with van der Waals surface area (Å²) in [6, 6.07) is 15.2. The molecule has 1 saturated heterocycles. The Kier molecular flexibility index (Phi) is 6.78. The lowest BCUT2D eigenvalue weighted by molar-refractivity contribution is -0.120. The van der Waals surface area contributed by atoms with E-state index >= 15 is 0 Å². The zero-order valence-corrected chi connectivity index (χ0v) is 19.6. The minimum atomic E-state index is -3.41. The monoisotopic (exact) mass is 473 g/mol. The van der Waals surface area contributed by atoms with E-state index in [0.29, 0.717) is 37.9 Å². The Balaban J connectivity index is 1.36. The van der Waals surface area contributed by atoms with Crippen LogP contribution < -0.4 is 10.2 Å². The Bertz CT molecular complexity index is 1270. The average Bonchev–Trinajstić information content (AvgIpc) is 3.07. The molecule has 0 bridgehead atoms. The van der Waals surface area contributed by atoms with Crippen LogP contribution in [0, 0.1) is 5.92 Å². The third-order valence-corrected chi connectivity index (χ3v) is 8.84. The third-order valence-electron chi connectivity index (χ3n) is 5.92. The van der Waals surface area contributed by atoms with Gasteiger partial charge in [0.05, 0.1) is 21.9 Å². The van der Waals surface area contributed by atoms with Crippen molar-refractivity contribution >= 4 is 43.2 Å². The molecule has 0 saturated carbocycles. The van der Waals surface area contributed by atoms with Gasteiger partial charge in [0.25, 0.3) is 0 Å². The first-order valence-electron chi connectivity index (χ1n) is 10.8. The van der Waals surface area contributed by atoms with Crippen LogP contribution in [0.15, 0.2) is 53.3 Å². The number of amides is 1. The Hall–Kier alpha value is -2.49. The fourth-order valence-corrected chi connectivity index (χ4v) is 6.60. The van der Waals surface area contributed by atoms with Crippen molar-refractivity contribution in [1.82, 2.24) is 8.87 Å². The van der Waals surface area contributed by atoms with Gasteiger partial charge in [-0.3, -0.25) is 9.59 Å². The fourth-order valence-electron chi connectivity index (χ4n) is 4.10. The first-order valence-corrected chi connectivity index (χ1v) is 13.2. The Morgan fingerprint density at radius 3 is 2.75 bits per heavy atom. The maximum Gasteiger partial charge on any atom is 0.307 e. The predicted molar refractivity (Wildman–Crippen MR) is 129 cm³/mol. The lowest BCUT2D eigenvalue weighted by Gasteiger charge is -2.31. The van der Waals surface area contributed by atoms with Crippen molar-refractivity contribution in [2.24, 2.45) is 13.0 Å². The van der Waals surface area contributed by atoms with E-state index in [1.54, 1.807) is 23.7 Å². The summed E-state index contributed by atoms with van der Waals surface area (Å²) in [6.07, 6.45) is 2.59. The van der Waals surface area contributed by atoms with Gasteiger partial charge in [0.2, 0.25) is 15.9 Å². The third kappa shape index (κ3) is 5.11. The van der Waals surface area contributed by atoms with Crippen molar-refractivity contribution < 1.29 is 13.2 Å². The molecule has 1 atom stereocenters. The van der Waals surface area contributed by atoms with E-state index in [4.69, 9.17) is 0 Å². The Morgan fingerprint density at radius 1 is 1.19 bits per heavy atom. The molecule has 1 amide bonds. The molecule has 0 radical (unpaired) electrons. The van der Waals surface area contributed by atoms with Crippen molar-refractivity contribution in [2.75, 3.05) is 24.2 Å². The molecule has 1 N–H and O–H groups in total. The van der Waals surface area contributed by atoms with E-state index in [9.17, 15) is 18.0 Å². The number of fused-ring (bicyclic) bond motifs is 1. The van der Waals surface area contributed by atoms with Crippen molar-refractivity contribution in [3.63, 3.8) is 0 Å². The second-order valence-corrected chi connectivity index (χ2v) is 11.3. The van der Waals surface area contributed by atoms with Crippen LogP contribution in [0.1, 0.15) is 24.8 Å². The summed E-state index contributed by atoms with van der Waals surface area (Å²) in [4.78, 5) is 24.6. The SMILES string of the molecule is Cn1c(=O)sc2cc(NC(=O)[C@H]3CCCN(S(=O)(=O)CCCc4ccccc4)C3)ccc21. The number of nitrogens with zero attached hydrogens (tertiary/aromatic N) is 2. The van der Waals surface area contributed by atoms with Gasteiger partial charge in [-0.05, 0) is 49.4 Å². The van der Waals surface area contributed by atoms with Crippen LogP contribution in [-0.2, 0) is 28.3 Å². The van der Waals surface area contributed by atoms with Gasteiger partial charge in [0.15, 0.2) is 0 Å². The number of anilines is 1. The number of aryl methyl sites for hydroxylation is 2. The summed E-state index contributed by atoms with van der Waals surface area (Å²) in [7, 11) is -1.69. The van der Waals surface area contributed by atoms with Gasteiger partial charge < -0.3 is 9.88 Å². The van der Waals surface area contributed by atoms with Crippen molar-refractivity contribution in [3.05, 3.63) is 63.8 Å². The maximum atomic E-state index is 12.9. The van der Waals surface area contributed by atoms with Crippen LogP contribution in [0.3, 0.4) is 0 Å². The highest BCUT2D eigenvalue weighted by molar-refractivity contribution is 7.89. The molecule has 7 nitrogen and oxygen atoms in total. The molecule has 32 heavy (non-hydrogen) atoms. The molecule has 170 valence electrons. The standard InChI is InChI=1S/C23H27N3O4S2/c1-25-20-12-11-19(15-21(20)31-23(25)28)24-22(27)18-10-5-13-26(16-18)32(29,30)14-6-9-17-7-3-2-4-8-17/h2-4,7-8,11-12,15,18H,5-6,9-10,13-14,16H2,1H3,(H,24,27)/t18-/m0/s1. The number of hydrogen-bond acceptors (Lipinski definition) is 5. The first-order chi connectivity index (χ1) is 15.3. The summed E-state index contributed by atoms with van der Waals surface area (Å²) in [6.45, 7) is 0.668. The van der Waals surface area contributed by atoms with E-state index < -0.39 is 15.9 Å². The van der Waals surface area contributed by atoms with Crippen LogP contribution in [0.25, 0.3) is 10.2 Å². The Labute approximate surface area is 191 Å². The lowest BCUT2D eigenvalue weighted by atomic mass is 9.98. The molecule has 0 unspecified atom stereocenters. The van der Waals surface area contributed by atoms with Gasteiger partial charge in [-0.25, -0.2) is 12.7 Å². The average molecular weight is 474 g/mol. The molecular formula is C23H27N3O4S2. The number of aromatic nitrogens is 1. The molecular weight excluding hydrogens is 446 g/mol. The van der Waals surface area contributed by atoms with Crippen LogP contribution in [0.2, 0.25) is 0 Å². The zero-order valence-electron chi connectivity index (χ0n) is 18.0. The van der Waals surface area contributed by atoms with Crippen molar-refractivity contribution in [3.8, 4) is 0 Å². The summed E-state index contributed by atoms with van der Waals surface area (Å²) in [5, 5.41) is 2.90. The summed E-state index contributed by atoms with van der Waals surface area (Å²) >= 11 is 1.13. The minimum absolute atomic E-state index is 0.0520. The molecule has 4 rings (SSSR count). The maximum absolute atomic E-state index is 12.9. The summed E-state index contributed by atoms with van der Waals surface area (Å²) in [5.74, 6) is -0.491. The topological polar surface area (TPSA) is 88.5 Å². The van der Waals surface area contributed by atoms with Gasteiger partial charge in [0, 0.05) is 25.8 Å². The summed E-state index contributed by atoms with van der Waals surface area (Å²) in [5.41, 5.74) is 2.56. The van der Waals surface area contributed by atoms with Gasteiger partial charge in [-0.15, -0.1) is 0 Å². The lowest BCUT2D eigenvalue weighted by Crippen LogP contribution is -2.44. The molecule has 0 spiro atoms. The number of carbonyl (C=O) groups excluding carboxylic acids is 1. The molecule has 0 aliphatic carbocycles. The van der Waals surface area contributed by atoms with Gasteiger partial charge in [-0.1, -0.05) is 41.7 Å². The number of hydrogen-bond donors (Lipinski definition) is 1. The van der Waals surface area contributed by atoms with E-state index in [0.717, 1.165) is 27.1 Å². The number of rotatable bonds is 7. The Morgan fingerprint density at radius 2 is 1.97 bits per heavy atom. The van der Waals surface area contributed by atoms with E-state index in [1.807, 2.05) is 36.4 Å². The molecule has 2 aromatic carbocycles. The second kappa shape index (κ2) is 9.56. The van der Waals surface area contributed by atoms with Crippen LogP contribution in [0.4, 0.5) is 5.69 Å². The van der Waals surface area contributed by atoms with Gasteiger partial charge in [0.1, 0.15) is 0 Å². The second-order valence-electron chi connectivity index (χ2n) is 8.20. The number of benzene rings is 2. The first kappa shape index (κ1) is 22.7. The van der Waals surface area contributed by atoms with Crippen LogP contribution in [-0.4, -0.2) is 42.0 Å². The molecule has 1 aliphatic rings. The zero-order chi connectivity index (χ0) is 22.7. The largest absolute Gasteiger partial charge is 0.326 e. The number of carbonyl (C=O) groups is 1. The highest BCUT2D eigenvalue weighted by atomic mass is 32.2. The molecule has 2 heterocycles. The molecule has 3 aromatic rings. The van der Waals surface area contributed by atoms with Gasteiger partial charge in [-0.2, -0.15) is 0 Å². The smallest absolute Gasteiger partial charge is 0.307 e. The van der Waals surface area contributed by atoms with Crippen molar-refractivity contribution in [2.45, 2.75) is 25.7 Å². The van der Waals surface area contributed by atoms with Crippen LogP contribution >= 0.6 is 11.3 Å². The van der Waals surface area contributed by atoms with Gasteiger partial charge >= 0.3 is 4.87 Å². The normalized spacial score (nSPS) is 17.5. The number of sulfonamides is 1.